The summed E-state index contributed by atoms with van der Waals surface area (Å²) < 4.78 is 5.90. The Balaban J connectivity index is 1.12. The summed E-state index contributed by atoms with van der Waals surface area (Å²) in [6.07, 6.45) is 5.14. The number of hydrogen-bond donors (Lipinski definition) is 3. The maximum atomic E-state index is 12.2. The average molecular weight is 480 g/mol. The first-order valence-corrected chi connectivity index (χ1v) is 12.2. The van der Waals surface area contributed by atoms with Crippen LogP contribution in [0.1, 0.15) is 61.4 Å². The van der Waals surface area contributed by atoms with Crippen LogP contribution in [0.2, 0.25) is 0 Å². The molecule has 1 aliphatic carbocycles. The van der Waals surface area contributed by atoms with Crippen LogP contribution in [0.3, 0.4) is 0 Å². The molecule has 2 heterocycles. The molecular formula is C24H37N3O7. The molecule has 3 aliphatic rings. The molecule has 10 nitrogen and oxygen atoms in total. The fourth-order valence-corrected chi connectivity index (χ4v) is 4.27. The molecule has 190 valence electrons. The molecule has 1 unspecified atom stereocenters. The fourth-order valence-electron chi connectivity index (χ4n) is 4.27. The molecule has 2 aliphatic heterocycles. The van der Waals surface area contributed by atoms with Crippen molar-refractivity contribution in [3.63, 3.8) is 0 Å². The van der Waals surface area contributed by atoms with Crippen LogP contribution in [-0.4, -0.2) is 71.7 Å². The van der Waals surface area contributed by atoms with Crippen molar-refractivity contribution in [3.05, 3.63) is 29.3 Å². The van der Waals surface area contributed by atoms with Crippen molar-refractivity contribution in [2.75, 3.05) is 32.8 Å². The Hall–Kier alpha value is -1.79. The Morgan fingerprint density at radius 3 is 2.76 bits per heavy atom. The number of aliphatic hydroxyl groups excluding tert-OH is 2. The van der Waals surface area contributed by atoms with Gasteiger partial charge in [0, 0.05) is 35.9 Å². The number of ether oxygens (including phenoxy) is 1. The number of benzene rings is 1. The summed E-state index contributed by atoms with van der Waals surface area (Å²) in [4.78, 5) is 28.7. The molecule has 4 rings (SSSR count). The van der Waals surface area contributed by atoms with Gasteiger partial charge in [-0.1, -0.05) is 11.9 Å². The number of rotatable bonds is 11. The number of carbonyl (C=O) groups excluding carboxylic acids is 1. The summed E-state index contributed by atoms with van der Waals surface area (Å²) >= 11 is 0. The van der Waals surface area contributed by atoms with E-state index in [1.54, 1.807) is 12.1 Å². The predicted molar refractivity (Wildman–Crippen MR) is 122 cm³/mol. The van der Waals surface area contributed by atoms with E-state index in [0.717, 1.165) is 62.9 Å². The molecule has 2 atom stereocenters. The van der Waals surface area contributed by atoms with Gasteiger partial charge in [-0.05, 0) is 75.1 Å². The van der Waals surface area contributed by atoms with Gasteiger partial charge in [-0.25, -0.2) is 4.84 Å². The Kier molecular flexibility index (Phi) is 8.41. The van der Waals surface area contributed by atoms with E-state index >= 15 is 0 Å². The van der Waals surface area contributed by atoms with Crippen LogP contribution in [0.5, 0.6) is 5.75 Å². The molecule has 2 saturated heterocycles. The Morgan fingerprint density at radius 1 is 1.32 bits per heavy atom. The van der Waals surface area contributed by atoms with E-state index in [1.807, 2.05) is 13.0 Å². The molecule has 0 aromatic heterocycles. The van der Waals surface area contributed by atoms with Crippen molar-refractivity contribution in [3.8, 4) is 5.75 Å². The van der Waals surface area contributed by atoms with Crippen molar-refractivity contribution in [2.24, 2.45) is 11.3 Å². The lowest BCUT2D eigenvalue weighted by Gasteiger charge is -2.33. The number of nitrogens with zero attached hydrogens (tertiary/aromatic N) is 2. The second-order valence-corrected chi connectivity index (χ2v) is 9.91. The van der Waals surface area contributed by atoms with Crippen LogP contribution in [-0.2, 0) is 14.7 Å². The number of carbonyl (C=O) groups is 1. The summed E-state index contributed by atoms with van der Waals surface area (Å²) in [5.74, 6) is 1.10. The Morgan fingerprint density at radius 2 is 2.09 bits per heavy atom. The van der Waals surface area contributed by atoms with Gasteiger partial charge >= 0.3 is 0 Å². The number of hydrazine groups is 1. The van der Waals surface area contributed by atoms with Gasteiger partial charge in [-0.2, -0.15) is 9.90 Å². The third kappa shape index (κ3) is 6.45. The molecule has 3 N–H and O–H groups in total. The lowest BCUT2D eigenvalue weighted by molar-refractivity contribution is -0.487. The highest BCUT2D eigenvalue weighted by Crippen LogP contribution is 2.51. The molecule has 1 aromatic carbocycles. The van der Waals surface area contributed by atoms with E-state index in [4.69, 9.17) is 24.6 Å². The molecule has 3 fully saturated rings. The highest BCUT2D eigenvalue weighted by molar-refractivity contribution is 5.95. The van der Waals surface area contributed by atoms with Crippen LogP contribution < -0.4 is 10.1 Å². The normalized spacial score (nSPS) is 24.2. The van der Waals surface area contributed by atoms with Gasteiger partial charge in [0.25, 0.3) is 5.91 Å². The Bertz CT molecular complexity index is 827. The van der Waals surface area contributed by atoms with E-state index in [1.165, 1.54) is 5.34 Å². The minimum absolute atomic E-state index is 0.0117. The lowest BCUT2D eigenvalue weighted by atomic mass is 9.93. The van der Waals surface area contributed by atoms with Crippen molar-refractivity contribution in [1.29, 1.82) is 0 Å². The molecule has 10 heteroatoms. The molecule has 0 bridgehead atoms. The maximum Gasteiger partial charge on any atom is 0.251 e. The number of hydrogen-bond acceptors (Lipinski definition) is 9. The van der Waals surface area contributed by atoms with Crippen LogP contribution in [0.4, 0.5) is 0 Å². The highest BCUT2D eigenvalue weighted by Gasteiger charge is 2.52. The van der Waals surface area contributed by atoms with Crippen molar-refractivity contribution in [1.82, 2.24) is 15.7 Å². The van der Waals surface area contributed by atoms with Crippen LogP contribution in [0.15, 0.2) is 18.2 Å². The minimum Gasteiger partial charge on any atom is -0.494 e. The highest BCUT2D eigenvalue weighted by atomic mass is 17.4. The number of aliphatic hydroxyl groups is 2. The van der Waals surface area contributed by atoms with Crippen LogP contribution in [0.25, 0.3) is 0 Å². The molecular weight excluding hydrogens is 442 g/mol. The van der Waals surface area contributed by atoms with Crippen LogP contribution >= 0.6 is 0 Å². The predicted octanol–water partition coefficient (Wildman–Crippen LogP) is 2.10. The molecule has 1 saturated carbocycles. The van der Waals surface area contributed by atoms with Crippen LogP contribution in [0, 0.1) is 18.3 Å². The summed E-state index contributed by atoms with van der Waals surface area (Å²) in [5, 5.41) is 24.3. The summed E-state index contributed by atoms with van der Waals surface area (Å²) in [6.45, 7) is 5.99. The second kappa shape index (κ2) is 11.3. The monoisotopic (exact) mass is 479 g/mol. The maximum absolute atomic E-state index is 12.2. The number of aryl methyl sites for hydroxylation is 1. The zero-order chi connectivity index (χ0) is 24.1. The Labute approximate surface area is 200 Å². The third-order valence-corrected chi connectivity index (χ3v) is 6.99. The standard InChI is InChI=1S/C24H37N3O7/c1-17-14-20(5-6-21(17)22(30)25-15-19(29)16-28)31-13-3-4-18-7-11-26(12-8-18)27-32-23(33-34-27)24(2)9-10-24/h5-6,14,18-19,23,28-29H,3-4,7-13,15-16H2,1-2H3,(H,25,30)/t19-,23?/m0/s1. The number of nitrogens with one attached hydrogen (secondary N) is 1. The average Bonchev–Trinajstić information content (AvgIpc) is 3.39. The van der Waals surface area contributed by atoms with Gasteiger partial charge < -0.3 is 20.3 Å². The lowest BCUT2D eigenvalue weighted by Crippen LogP contribution is -2.45. The smallest absolute Gasteiger partial charge is 0.251 e. The number of piperidine rings is 1. The SMILES string of the molecule is Cc1cc(OCCCC2CCN(N3OOC(C4(C)CC4)O3)CC2)ccc1C(=O)NC[C@H](O)CO. The zero-order valence-corrected chi connectivity index (χ0v) is 20.1. The molecule has 0 radical (unpaired) electrons. The molecule has 1 aromatic rings. The van der Waals surface area contributed by atoms with Gasteiger partial charge in [-0.15, -0.1) is 0 Å². The van der Waals surface area contributed by atoms with E-state index < -0.39 is 6.10 Å². The van der Waals surface area contributed by atoms with E-state index in [9.17, 15) is 9.90 Å². The summed E-state index contributed by atoms with van der Waals surface area (Å²) in [5.41, 5.74) is 1.41. The quantitative estimate of drug-likeness (QED) is 0.324. The first-order valence-electron chi connectivity index (χ1n) is 12.2. The van der Waals surface area contributed by atoms with Gasteiger partial charge in [0.05, 0.1) is 19.3 Å². The summed E-state index contributed by atoms with van der Waals surface area (Å²) in [7, 11) is 0. The summed E-state index contributed by atoms with van der Waals surface area (Å²) in [6, 6.07) is 5.36. The van der Waals surface area contributed by atoms with Gasteiger partial charge in [0.1, 0.15) is 5.75 Å². The van der Waals surface area contributed by atoms with Gasteiger partial charge in [-0.3, -0.25) is 4.79 Å². The van der Waals surface area contributed by atoms with E-state index in [2.05, 4.69) is 17.2 Å². The molecule has 34 heavy (non-hydrogen) atoms. The minimum atomic E-state index is -0.960. The van der Waals surface area contributed by atoms with E-state index in [0.29, 0.717) is 18.1 Å². The zero-order valence-electron chi connectivity index (χ0n) is 20.1. The van der Waals surface area contributed by atoms with E-state index in [-0.39, 0.29) is 30.8 Å². The molecule has 1 amide bonds. The second-order valence-electron chi connectivity index (χ2n) is 9.91. The molecule has 0 spiro atoms. The largest absolute Gasteiger partial charge is 0.494 e. The third-order valence-electron chi connectivity index (χ3n) is 6.99. The van der Waals surface area contributed by atoms with Crippen molar-refractivity contribution >= 4 is 5.91 Å². The van der Waals surface area contributed by atoms with Gasteiger partial charge in [0.2, 0.25) is 6.29 Å². The first kappa shape index (κ1) is 25.3. The first-order chi connectivity index (χ1) is 16.4. The van der Waals surface area contributed by atoms with Crippen molar-refractivity contribution < 1.29 is 34.5 Å². The van der Waals surface area contributed by atoms with Crippen molar-refractivity contribution in [2.45, 2.75) is 64.8 Å². The van der Waals surface area contributed by atoms with Gasteiger partial charge in [0.15, 0.2) is 0 Å². The number of amides is 1. The topological polar surface area (TPSA) is 113 Å². The fraction of sp³-hybridized carbons (Fsp3) is 0.708.